The first-order valence-electron chi connectivity index (χ1n) is 8.80. The van der Waals surface area contributed by atoms with Gasteiger partial charge in [0.05, 0.1) is 5.56 Å². The molecule has 3 atom stereocenters. The van der Waals surface area contributed by atoms with E-state index < -0.39 is 11.7 Å². The number of nitrogens with one attached hydrogen (secondary N) is 1. The summed E-state index contributed by atoms with van der Waals surface area (Å²) < 4.78 is 38.3. The third-order valence-electron chi connectivity index (χ3n) is 5.41. The maximum absolute atomic E-state index is 12.8. The predicted molar refractivity (Wildman–Crippen MR) is 96.6 cm³/mol. The first kappa shape index (κ1) is 17.6. The third kappa shape index (κ3) is 2.99. The molecule has 0 saturated carbocycles. The fourth-order valence-corrected chi connectivity index (χ4v) is 3.91. The van der Waals surface area contributed by atoms with Crippen LogP contribution < -0.4 is 5.32 Å². The fourth-order valence-electron chi connectivity index (χ4n) is 3.91. The monoisotopic (exact) mass is 372 g/mol. The van der Waals surface area contributed by atoms with Crippen LogP contribution in [0.25, 0.3) is 5.70 Å². The van der Waals surface area contributed by atoms with Crippen LogP contribution in [0.2, 0.25) is 0 Å². The number of fused-ring (bicyclic) bond motifs is 1. The molecule has 0 spiro atoms. The van der Waals surface area contributed by atoms with E-state index in [1.54, 1.807) is 4.90 Å². The Morgan fingerprint density at radius 2 is 1.63 bits per heavy atom. The highest BCUT2D eigenvalue weighted by molar-refractivity contribution is 5.98. The number of hydrogen-bond acceptors (Lipinski definition) is 2. The molecule has 3 unspecified atom stereocenters. The Morgan fingerprint density at radius 3 is 2.22 bits per heavy atom. The van der Waals surface area contributed by atoms with Crippen molar-refractivity contribution in [2.75, 3.05) is 0 Å². The third-order valence-corrected chi connectivity index (χ3v) is 5.41. The minimum Gasteiger partial charge on any atom is -0.364 e. The largest absolute Gasteiger partial charge is 0.416 e. The number of carbonyl (C=O) groups excluding carboxylic acids is 1. The van der Waals surface area contributed by atoms with Gasteiger partial charge in [0.15, 0.2) is 0 Å². The van der Waals surface area contributed by atoms with E-state index in [9.17, 15) is 18.0 Å². The van der Waals surface area contributed by atoms with Gasteiger partial charge in [-0.2, -0.15) is 13.2 Å². The molecule has 2 aliphatic rings. The van der Waals surface area contributed by atoms with Gasteiger partial charge in [-0.05, 0) is 37.1 Å². The van der Waals surface area contributed by atoms with Gasteiger partial charge >= 0.3 is 6.18 Å². The molecule has 0 aliphatic carbocycles. The molecule has 0 radical (unpaired) electrons. The summed E-state index contributed by atoms with van der Waals surface area (Å²) >= 11 is 0. The van der Waals surface area contributed by atoms with Gasteiger partial charge in [-0.1, -0.05) is 42.0 Å². The zero-order chi connectivity index (χ0) is 19.3. The van der Waals surface area contributed by atoms with Crippen LogP contribution in [-0.2, 0) is 11.0 Å². The number of halogens is 3. The summed E-state index contributed by atoms with van der Waals surface area (Å²) in [5, 5.41) is 3.34. The van der Waals surface area contributed by atoms with E-state index in [0.29, 0.717) is 11.3 Å². The lowest BCUT2D eigenvalue weighted by molar-refractivity contribution is -0.143. The minimum atomic E-state index is -4.38. The molecule has 2 aromatic rings. The highest BCUT2D eigenvalue weighted by atomic mass is 19.4. The average Bonchev–Trinajstić information content (AvgIpc) is 2.62. The van der Waals surface area contributed by atoms with E-state index >= 15 is 0 Å². The zero-order valence-electron chi connectivity index (χ0n) is 14.9. The second-order valence-corrected chi connectivity index (χ2v) is 7.14. The van der Waals surface area contributed by atoms with Crippen LogP contribution in [0.15, 0.2) is 54.6 Å². The molecule has 6 heteroatoms. The van der Waals surface area contributed by atoms with E-state index in [4.69, 9.17) is 0 Å². The number of rotatable bonds is 2. The van der Waals surface area contributed by atoms with Crippen molar-refractivity contribution in [3.8, 4) is 0 Å². The van der Waals surface area contributed by atoms with E-state index in [0.717, 1.165) is 17.7 Å². The summed E-state index contributed by atoms with van der Waals surface area (Å²) in [5.74, 6) is 0.0113. The van der Waals surface area contributed by atoms with Crippen LogP contribution in [0, 0.1) is 6.92 Å². The van der Waals surface area contributed by atoms with Gasteiger partial charge in [0.2, 0.25) is 0 Å². The predicted octanol–water partition coefficient (Wildman–Crippen LogP) is 4.30. The van der Waals surface area contributed by atoms with E-state index in [1.807, 2.05) is 26.0 Å². The highest BCUT2D eigenvalue weighted by Crippen LogP contribution is 2.42. The Kier molecular flexibility index (Phi) is 4.02. The molecule has 2 aromatic carbocycles. The van der Waals surface area contributed by atoms with Crippen molar-refractivity contribution in [1.29, 1.82) is 0 Å². The summed E-state index contributed by atoms with van der Waals surface area (Å²) in [4.78, 5) is 14.3. The first-order chi connectivity index (χ1) is 12.8. The van der Waals surface area contributed by atoms with Gasteiger partial charge in [0.1, 0.15) is 6.17 Å². The van der Waals surface area contributed by atoms with Gasteiger partial charge in [-0.25, -0.2) is 0 Å². The van der Waals surface area contributed by atoms with E-state index in [1.165, 1.54) is 23.8 Å². The molecule has 1 amide bonds. The van der Waals surface area contributed by atoms with Crippen molar-refractivity contribution in [2.45, 2.75) is 38.1 Å². The van der Waals surface area contributed by atoms with Crippen molar-refractivity contribution in [3.63, 3.8) is 0 Å². The van der Waals surface area contributed by atoms with E-state index in [2.05, 4.69) is 17.4 Å². The van der Waals surface area contributed by atoms with Crippen molar-refractivity contribution in [2.24, 2.45) is 0 Å². The topological polar surface area (TPSA) is 32.3 Å². The Hall–Kier alpha value is -2.76. The maximum atomic E-state index is 12.8. The molecule has 1 saturated heterocycles. The Balaban J connectivity index is 1.60. The molecule has 27 heavy (non-hydrogen) atoms. The van der Waals surface area contributed by atoms with Crippen LogP contribution in [0.5, 0.6) is 0 Å². The van der Waals surface area contributed by atoms with Gasteiger partial charge in [0, 0.05) is 23.7 Å². The van der Waals surface area contributed by atoms with Crippen molar-refractivity contribution in [1.82, 2.24) is 10.2 Å². The van der Waals surface area contributed by atoms with Crippen molar-refractivity contribution < 1.29 is 18.0 Å². The lowest BCUT2D eigenvalue weighted by Gasteiger charge is -2.56. The molecule has 140 valence electrons. The normalized spacial score (nSPS) is 24.6. The summed E-state index contributed by atoms with van der Waals surface area (Å²) in [6, 6.07) is 13.1. The smallest absolute Gasteiger partial charge is 0.364 e. The molecule has 3 nitrogen and oxygen atoms in total. The second-order valence-electron chi connectivity index (χ2n) is 7.14. The minimum absolute atomic E-state index is 0.0584. The van der Waals surface area contributed by atoms with Gasteiger partial charge < -0.3 is 10.2 Å². The number of aryl methyl sites for hydroxylation is 1. The lowest BCUT2D eigenvalue weighted by atomic mass is 9.78. The van der Waals surface area contributed by atoms with Crippen molar-refractivity contribution >= 4 is 11.6 Å². The molecule has 1 N–H and O–H groups in total. The Labute approximate surface area is 155 Å². The van der Waals surface area contributed by atoms with Crippen LogP contribution in [0.4, 0.5) is 13.2 Å². The van der Waals surface area contributed by atoms with Crippen LogP contribution in [0.1, 0.15) is 35.1 Å². The highest BCUT2D eigenvalue weighted by Gasteiger charge is 2.50. The lowest BCUT2D eigenvalue weighted by Crippen LogP contribution is -2.69. The molecule has 2 heterocycles. The summed E-state index contributed by atoms with van der Waals surface area (Å²) in [7, 11) is 0. The molecule has 0 aromatic heterocycles. The quantitative estimate of drug-likeness (QED) is 0.853. The molecular weight excluding hydrogens is 353 g/mol. The molecule has 0 bridgehead atoms. The number of alkyl halides is 3. The SMILES string of the molecule is Cc1ccc(C2C(C)N3C(=O)C=C(c4ccc(C(F)(F)F)cc4)NC23)cc1. The van der Waals surface area contributed by atoms with Gasteiger partial charge in [-0.15, -0.1) is 0 Å². The summed E-state index contributed by atoms with van der Waals surface area (Å²) in [6.45, 7) is 4.03. The Morgan fingerprint density at radius 1 is 1.00 bits per heavy atom. The maximum Gasteiger partial charge on any atom is 0.416 e. The number of benzene rings is 2. The number of amides is 1. The second kappa shape index (κ2) is 6.15. The number of hydrogen-bond donors (Lipinski definition) is 1. The number of carbonyl (C=O) groups is 1. The van der Waals surface area contributed by atoms with Crippen LogP contribution in [-0.4, -0.2) is 23.0 Å². The van der Waals surface area contributed by atoms with Crippen LogP contribution in [0.3, 0.4) is 0 Å². The van der Waals surface area contributed by atoms with Crippen LogP contribution >= 0.6 is 0 Å². The van der Waals surface area contributed by atoms with Crippen molar-refractivity contribution in [3.05, 3.63) is 76.9 Å². The van der Waals surface area contributed by atoms with E-state index in [-0.39, 0.29) is 24.0 Å². The number of nitrogens with zero attached hydrogens (tertiary/aromatic N) is 1. The fraction of sp³-hybridized carbons (Fsp3) is 0.286. The standard InChI is InChI=1S/C21H19F3N2O/c1-12-3-5-15(6-4-12)19-13(2)26-18(27)11-17(25-20(19)26)14-7-9-16(10-8-14)21(22,23)24/h3-11,13,19-20,25H,1-2H3. The summed E-state index contributed by atoms with van der Waals surface area (Å²) in [6.07, 6.45) is -3.11. The molecule has 2 aliphatic heterocycles. The molecular formula is C21H19F3N2O. The van der Waals surface area contributed by atoms with Gasteiger partial charge in [-0.3, -0.25) is 4.79 Å². The molecule has 4 rings (SSSR count). The molecule has 1 fully saturated rings. The summed E-state index contributed by atoms with van der Waals surface area (Å²) in [5.41, 5.74) is 2.73. The van der Waals surface area contributed by atoms with Gasteiger partial charge in [0.25, 0.3) is 5.91 Å². The Bertz CT molecular complexity index is 901. The zero-order valence-corrected chi connectivity index (χ0v) is 14.9. The first-order valence-corrected chi connectivity index (χ1v) is 8.80. The average molecular weight is 372 g/mol.